The first-order valence-electron chi connectivity index (χ1n) is 20.5. The fraction of sp³-hybridized carbons (Fsp3) is 0.0179. The van der Waals surface area contributed by atoms with Crippen LogP contribution < -0.4 is 0 Å². The van der Waals surface area contributed by atoms with Gasteiger partial charge < -0.3 is 8.98 Å². The summed E-state index contributed by atoms with van der Waals surface area (Å²) in [4.78, 5) is 15.0. The summed E-state index contributed by atoms with van der Waals surface area (Å²) in [6.07, 6.45) is 0. The molecule has 5 heteroatoms. The van der Waals surface area contributed by atoms with Gasteiger partial charge in [-0.2, -0.15) is 0 Å². The summed E-state index contributed by atoms with van der Waals surface area (Å²) in [6, 6.07) is 68.4. The molecule has 0 aliphatic carbocycles. The fourth-order valence-corrected chi connectivity index (χ4v) is 9.27. The summed E-state index contributed by atoms with van der Waals surface area (Å²) < 4.78 is 9.08. The zero-order valence-corrected chi connectivity index (χ0v) is 33.1. The molecular weight excluding hydrogens is 745 g/mol. The molecule has 0 N–H and O–H groups in total. The predicted molar refractivity (Wildman–Crippen MR) is 257 cm³/mol. The van der Waals surface area contributed by atoms with E-state index >= 15 is 0 Å². The zero-order chi connectivity index (χ0) is 40.4. The Hall–Kier alpha value is -8.15. The van der Waals surface area contributed by atoms with E-state index in [4.69, 9.17) is 14.4 Å². The van der Waals surface area contributed by atoms with Crippen molar-refractivity contribution in [1.82, 2.24) is 4.57 Å². The second kappa shape index (κ2) is 14.0. The van der Waals surface area contributed by atoms with Crippen LogP contribution >= 0.6 is 0 Å². The van der Waals surface area contributed by atoms with Crippen molar-refractivity contribution in [3.05, 3.63) is 211 Å². The minimum Gasteiger partial charge on any atom is -0.456 e. The molecule has 10 aromatic carbocycles. The van der Waals surface area contributed by atoms with Crippen LogP contribution in [0.25, 0.3) is 92.5 Å². The molecule has 0 unspecified atom stereocenters. The molecule has 12 aromatic rings. The second-order valence-corrected chi connectivity index (χ2v) is 15.6. The molecule has 0 bridgehead atoms. The Morgan fingerprint density at radius 1 is 0.459 bits per heavy atom. The minimum atomic E-state index is 0.455. The van der Waals surface area contributed by atoms with Gasteiger partial charge in [-0.3, -0.25) is 4.99 Å². The lowest BCUT2D eigenvalue weighted by Gasteiger charge is -2.09. The molecule has 0 fully saturated rings. The number of hydrogen-bond acceptors (Lipinski definition) is 2. The van der Waals surface area contributed by atoms with Crippen LogP contribution in [0.1, 0.15) is 16.7 Å². The maximum atomic E-state index is 6.71. The van der Waals surface area contributed by atoms with Crippen LogP contribution in [0.4, 0.5) is 0 Å². The standard InChI is InChI=1S/C56H36N4O/c1-57-56(59-55(42-24-23-37-12-3-5-16-41(37)32-42)58-34-35-21-22-36-11-2-4-15-40(36)31-35)47-19-10-20-50-52(47)46-28-27-43(33-51(46)61-50)60-48-29-25-38-13-6-8-17-44(38)53(48)54-45-18-9-7-14-39(45)26-30-49(54)60/h2-33H,1,34H2/b58-55-,59-56-. The number of amidine groups is 2. The van der Waals surface area contributed by atoms with Crippen molar-refractivity contribution < 1.29 is 4.42 Å². The predicted octanol–water partition coefficient (Wildman–Crippen LogP) is 14.4. The van der Waals surface area contributed by atoms with E-state index in [1.807, 2.05) is 18.2 Å². The number of benzene rings is 10. The van der Waals surface area contributed by atoms with E-state index in [0.717, 1.165) is 66.1 Å². The Morgan fingerprint density at radius 3 is 1.75 bits per heavy atom. The molecule has 0 saturated heterocycles. The van der Waals surface area contributed by atoms with Gasteiger partial charge in [-0.15, -0.1) is 0 Å². The number of rotatable bonds is 5. The maximum Gasteiger partial charge on any atom is 0.161 e. The summed E-state index contributed by atoms with van der Waals surface area (Å²) >= 11 is 0. The molecule has 0 saturated carbocycles. The summed E-state index contributed by atoms with van der Waals surface area (Å²) in [5.41, 5.74) is 7.68. The smallest absolute Gasteiger partial charge is 0.161 e. The highest BCUT2D eigenvalue weighted by atomic mass is 16.3. The molecule has 2 heterocycles. The van der Waals surface area contributed by atoms with Crippen molar-refractivity contribution in [3.63, 3.8) is 0 Å². The van der Waals surface area contributed by atoms with Crippen molar-refractivity contribution in [3.8, 4) is 5.69 Å². The van der Waals surface area contributed by atoms with Crippen molar-refractivity contribution in [2.75, 3.05) is 0 Å². The van der Waals surface area contributed by atoms with Crippen LogP contribution in [0.5, 0.6) is 0 Å². The monoisotopic (exact) mass is 780 g/mol. The van der Waals surface area contributed by atoms with Gasteiger partial charge in [0.2, 0.25) is 0 Å². The summed E-state index contributed by atoms with van der Waals surface area (Å²) in [5.74, 6) is 1.06. The van der Waals surface area contributed by atoms with E-state index in [9.17, 15) is 0 Å². The third kappa shape index (κ3) is 5.74. The largest absolute Gasteiger partial charge is 0.456 e. The number of hydrogen-bond donors (Lipinski definition) is 0. The minimum absolute atomic E-state index is 0.455. The third-order valence-corrected chi connectivity index (χ3v) is 12.1. The molecule has 2 aromatic heterocycles. The van der Waals surface area contributed by atoms with E-state index in [1.165, 1.54) is 43.1 Å². The number of aromatic nitrogens is 1. The molecule has 0 aliphatic heterocycles. The first-order valence-corrected chi connectivity index (χ1v) is 20.5. The lowest BCUT2D eigenvalue weighted by atomic mass is 10.00. The highest BCUT2D eigenvalue weighted by molar-refractivity contribution is 6.29. The number of furan rings is 1. The van der Waals surface area contributed by atoms with Gasteiger partial charge in [0.05, 0.1) is 17.6 Å². The van der Waals surface area contributed by atoms with Crippen molar-refractivity contribution in [1.29, 1.82) is 0 Å². The highest BCUT2D eigenvalue weighted by Crippen LogP contribution is 2.42. The van der Waals surface area contributed by atoms with Crippen LogP contribution in [-0.2, 0) is 6.54 Å². The lowest BCUT2D eigenvalue weighted by Crippen LogP contribution is -2.06. The van der Waals surface area contributed by atoms with Crippen LogP contribution in [-0.4, -0.2) is 23.0 Å². The van der Waals surface area contributed by atoms with Gasteiger partial charge in [-0.1, -0.05) is 146 Å². The summed E-state index contributed by atoms with van der Waals surface area (Å²) in [6.45, 7) is 4.49. The fourth-order valence-electron chi connectivity index (χ4n) is 9.27. The molecule has 0 amide bonds. The van der Waals surface area contributed by atoms with Gasteiger partial charge in [0.1, 0.15) is 11.2 Å². The molecule has 5 nitrogen and oxygen atoms in total. The van der Waals surface area contributed by atoms with E-state index in [1.54, 1.807) is 0 Å². The average Bonchev–Trinajstić information content (AvgIpc) is 3.87. The number of nitrogens with zero attached hydrogens (tertiary/aromatic N) is 4. The molecule has 0 radical (unpaired) electrons. The number of fused-ring (bicyclic) bond motifs is 12. The van der Waals surface area contributed by atoms with Crippen LogP contribution in [0.2, 0.25) is 0 Å². The van der Waals surface area contributed by atoms with E-state index < -0.39 is 0 Å². The van der Waals surface area contributed by atoms with Gasteiger partial charge in [0.15, 0.2) is 11.7 Å². The van der Waals surface area contributed by atoms with E-state index in [2.05, 4.69) is 192 Å². The van der Waals surface area contributed by atoms with Gasteiger partial charge in [0, 0.05) is 44.4 Å². The maximum absolute atomic E-state index is 6.71. The van der Waals surface area contributed by atoms with Crippen molar-refractivity contribution >= 4 is 105 Å². The SMILES string of the molecule is C=N/C(=N\C(=N/Cc1ccc2ccccc2c1)c1ccc2ccccc2c1)c1cccc2oc3cc(-n4c5ccc6ccccc6c5c5c6ccccc6ccc54)ccc3c12. The third-order valence-electron chi connectivity index (χ3n) is 12.1. The number of aliphatic imine (C=N–C) groups is 3. The first kappa shape index (κ1) is 34.9. The second-order valence-electron chi connectivity index (χ2n) is 15.6. The van der Waals surface area contributed by atoms with Crippen LogP contribution in [0, 0.1) is 0 Å². The van der Waals surface area contributed by atoms with Crippen molar-refractivity contribution in [2.24, 2.45) is 15.0 Å². The first-order chi connectivity index (χ1) is 30.2. The van der Waals surface area contributed by atoms with Crippen LogP contribution in [0.3, 0.4) is 0 Å². The van der Waals surface area contributed by atoms with E-state index in [0.29, 0.717) is 18.2 Å². The van der Waals surface area contributed by atoms with Gasteiger partial charge in [-0.25, -0.2) is 9.98 Å². The molecular formula is C56H36N4O. The summed E-state index contributed by atoms with van der Waals surface area (Å²) in [7, 11) is 0. The highest BCUT2D eigenvalue weighted by Gasteiger charge is 2.20. The molecule has 0 aliphatic rings. The van der Waals surface area contributed by atoms with E-state index in [-0.39, 0.29) is 0 Å². The zero-order valence-electron chi connectivity index (χ0n) is 33.1. The molecule has 0 spiro atoms. The average molecular weight is 781 g/mol. The lowest BCUT2D eigenvalue weighted by molar-refractivity contribution is 0.668. The van der Waals surface area contributed by atoms with Crippen LogP contribution in [0.15, 0.2) is 214 Å². The Morgan fingerprint density at radius 2 is 1.07 bits per heavy atom. The molecule has 0 atom stereocenters. The van der Waals surface area contributed by atoms with Gasteiger partial charge in [-0.05, 0) is 97.8 Å². The quantitative estimate of drug-likeness (QED) is 0.127. The normalized spacial score (nSPS) is 12.6. The summed E-state index contributed by atoms with van der Waals surface area (Å²) in [5, 5.41) is 14.0. The van der Waals surface area contributed by atoms with Gasteiger partial charge >= 0.3 is 0 Å². The molecule has 61 heavy (non-hydrogen) atoms. The Bertz CT molecular complexity index is 3740. The molecule has 286 valence electrons. The Balaban J connectivity index is 1.02. The Labute approximate surface area is 350 Å². The molecule has 12 rings (SSSR count). The van der Waals surface area contributed by atoms with Gasteiger partial charge in [0.25, 0.3) is 0 Å². The van der Waals surface area contributed by atoms with Crippen molar-refractivity contribution in [2.45, 2.75) is 6.54 Å². The Kier molecular flexibility index (Phi) is 8.00. The topological polar surface area (TPSA) is 55.1 Å².